The first-order valence-electron chi connectivity index (χ1n) is 13.8. The van der Waals surface area contributed by atoms with Crippen LogP contribution in [0.2, 0.25) is 11.6 Å². The van der Waals surface area contributed by atoms with Gasteiger partial charge in [0.05, 0.1) is 6.61 Å². The van der Waals surface area contributed by atoms with Crippen molar-refractivity contribution in [2.24, 2.45) is 46.3 Å². The van der Waals surface area contributed by atoms with E-state index in [1.54, 1.807) is 0 Å². The molecule has 6 saturated carbocycles. The van der Waals surface area contributed by atoms with E-state index in [4.69, 9.17) is 4.65 Å². The smallest absolute Gasteiger partial charge is 0.300 e. The van der Waals surface area contributed by atoms with Crippen molar-refractivity contribution < 1.29 is 4.65 Å². The lowest BCUT2D eigenvalue weighted by molar-refractivity contribution is -0.111. The second-order valence-electron chi connectivity index (χ2n) is 13.7. The van der Waals surface area contributed by atoms with Gasteiger partial charge in [0.2, 0.25) is 0 Å². The molecule has 0 saturated heterocycles. The molecule has 0 radical (unpaired) electrons. The van der Waals surface area contributed by atoms with Gasteiger partial charge in [0.1, 0.15) is 0 Å². The van der Waals surface area contributed by atoms with Crippen LogP contribution in [0.3, 0.4) is 0 Å². The summed E-state index contributed by atoms with van der Waals surface area (Å²) in [4.78, 5) is 0. The van der Waals surface area contributed by atoms with Crippen LogP contribution < -0.4 is 0 Å². The van der Waals surface area contributed by atoms with Gasteiger partial charge in [-0.3, -0.25) is 0 Å². The SMILES string of the molecule is C[C@@H]1[C@H]2C[C@@H](C[C@H]1B(OCc1ccc3ccccc3c1)[C@@H]1C[C@@H]3C[C@H]([C@H]1C)C3(C)C)C2(C)C. The molecule has 176 valence electrons. The van der Waals surface area contributed by atoms with Crippen LogP contribution in [0.1, 0.15) is 72.8 Å². The third-order valence-electron chi connectivity index (χ3n) is 11.9. The van der Waals surface area contributed by atoms with E-state index >= 15 is 0 Å². The molecule has 8 atom stereocenters. The summed E-state index contributed by atoms with van der Waals surface area (Å²) in [5.74, 6) is 6.61. The van der Waals surface area contributed by atoms with Crippen LogP contribution in [-0.4, -0.2) is 6.92 Å². The Morgan fingerprint density at radius 1 is 0.758 bits per heavy atom. The molecular formula is C31H43BO. The fourth-order valence-electron chi connectivity index (χ4n) is 9.33. The zero-order valence-electron chi connectivity index (χ0n) is 21.7. The van der Waals surface area contributed by atoms with E-state index in [1.807, 2.05) is 0 Å². The molecule has 6 aliphatic carbocycles. The molecule has 0 aromatic heterocycles. The highest BCUT2D eigenvalue weighted by Gasteiger charge is 2.63. The van der Waals surface area contributed by atoms with Crippen molar-refractivity contribution in [2.45, 2.75) is 85.5 Å². The summed E-state index contributed by atoms with van der Waals surface area (Å²) in [6.45, 7) is 16.4. The molecular weight excluding hydrogens is 399 g/mol. The Morgan fingerprint density at radius 3 is 1.82 bits per heavy atom. The van der Waals surface area contributed by atoms with Gasteiger partial charge in [-0.1, -0.05) is 90.8 Å². The largest absolute Gasteiger partial charge is 0.431 e. The number of hydrogen-bond donors (Lipinski definition) is 0. The highest BCUT2D eigenvalue weighted by Crippen LogP contribution is 2.69. The van der Waals surface area contributed by atoms with Crippen LogP contribution in [0.15, 0.2) is 42.5 Å². The molecule has 4 bridgehead atoms. The summed E-state index contributed by atoms with van der Waals surface area (Å²) in [6.07, 6.45) is 5.69. The van der Waals surface area contributed by atoms with Crippen LogP contribution in [0, 0.1) is 46.3 Å². The molecule has 0 unspecified atom stereocenters. The summed E-state index contributed by atoms with van der Waals surface area (Å²) in [7, 11) is 0. The Bertz CT molecular complexity index is 998. The first-order valence-corrected chi connectivity index (χ1v) is 13.8. The first-order chi connectivity index (χ1) is 15.7. The van der Waals surface area contributed by atoms with Gasteiger partial charge in [0, 0.05) is 0 Å². The van der Waals surface area contributed by atoms with Crippen molar-refractivity contribution in [3.05, 3.63) is 48.0 Å². The van der Waals surface area contributed by atoms with Gasteiger partial charge in [0.15, 0.2) is 0 Å². The Labute approximate surface area is 202 Å². The monoisotopic (exact) mass is 442 g/mol. The van der Waals surface area contributed by atoms with Gasteiger partial charge in [-0.25, -0.2) is 0 Å². The molecule has 6 aliphatic rings. The van der Waals surface area contributed by atoms with E-state index in [-0.39, 0.29) is 0 Å². The predicted molar refractivity (Wildman–Crippen MR) is 140 cm³/mol. The molecule has 6 fully saturated rings. The molecule has 33 heavy (non-hydrogen) atoms. The van der Waals surface area contributed by atoms with Crippen molar-refractivity contribution in [2.75, 3.05) is 0 Å². The fraction of sp³-hybridized carbons (Fsp3) is 0.677. The minimum absolute atomic E-state index is 0.421. The average Bonchev–Trinajstić information content (AvgIpc) is 2.79. The van der Waals surface area contributed by atoms with Crippen LogP contribution in [-0.2, 0) is 11.3 Å². The third kappa shape index (κ3) is 3.29. The van der Waals surface area contributed by atoms with Crippen LogP contribution in [0.4, 0.5) is 0 Å². The molecule has 0 spiro atoms. The van der Waals surface area contributed by atoms with Gasteiger partial charge < -0.3 is 4.65 Å². The van der Waals surface area contributed by atoms with E-state index in [1.165, 1.54) is 42.0 Å². The second-order valence-corrected chi connectivity index (χ2v) is 13.7. The quantitative estimate of drug-likeness (QED) is 0.422. The van der Waals surface area contributed by atoms with Crippen molar-refractivity contribution in [3.63, 3.8) is 0 Å². The van der Waals surface area contributed by atoms with Gasteiger partial charge in [-0.05, 0) is 93.2 Å². The maximum atomic E-state index is 7.07. The number of fused-ring (bicyclic) bond motifs is 5. The lowest BCUT2D eigenvalue weighted by Gasteiger charge is -2.66. The highest BCUT2D eigenvalue weighted by atomic mass is 16.4. The number of rotatable bonds is 5. The summed E-state index contributed by atoms with van der Waals surface area (Å²) in [5, 5.41) is 2.66. The van der Waals surface area contributed by atoms with E-state index in [0.717, 1.165) is 53.7 Å². The molecule has 0 aliphatic heterocycles. The van der Waals surface area contributed by atoms with Crippen molar-refractivity contribution >= 4 is 17.7 Å². The van der Waals surface area contributed by atoms with E-state index in [2.05, 4.69) is 84.0 Å². The minimum atomic E-state index is 0.421. The molecule has 2 aromatic carbocycles. The van der Waals surface area contributed by atoms with Gasteiger partial charge in [-0.15, -0.1) is 0 Å². The van der Waals surface area contributed by atoms with Crippen LogP contribution in [0.5, 0.6) is 0 Å². The van der Waals surface area contributed by atoms with Gasteiger partial charge in [0.25, 0.3) is 6.92 Å². The second kappa shape index (κ2) is 7.61. The summed E-state index contributed by atoms with van der Waals surface area (Å²) < 4.78 is 7.07. The van der Waals surface area contributed by atoms with Crippen molar-refractivity contribution in [1.29, 1.82) is 0 Å². The van der Waals surface area contributed by atoms with E-state index in [0.29, 0.717) is 17.7 Å². The van der Waals surface area contributed by atoms with Crippen LogP contribution in [0.25, 0.3) is 10.8 Å². The Hall–Kier alpha value is -1.28. The predicted octanol–water partition coefficient (Wildman–Crippen LogP) is 8.49. The normalized spacial score (nSPS) is 40.1. The Balaban J connectivity index is 1.26. The highest BCUT2D eigenvalue weighted by molar-refractivity contribution is 6.55. The zero-order chi connectivity index (χ0) is 23.1. The molecule has 8 rings (SSSR count). The number of hydrogen-bond acceptors (Lipinski definition) is 1. The zero-order valence-corrected chi connectivity index (χ0v) is 21.7. The molecule has 2 aromatic rings. The maximum Gasteiger partial charge on any atom is 0.300 e. The standard InChI is InChI=1S/C31H43BO/c1-19-26-14-24(30(26,3)4)16-28(19)32(29-17-25-15-27(20(29)2)31(25,5)6)33-18-21-11-12-22-9-7-8-10-23(22)13-21/h7-13,19-20,24-29H,14-18H2,1-6H3/t19-,20-,24+,25+,26-,27-,28-,29-/m1/s1. The maximum absolute atomic E-state index is 7.07. The van der Waals surface area contributed by atoms with Crippen molar-refractivity contribution in [3.8, 4) is 0 Å². The molecule has 0 heterocycles. The molecule has 0 amide bonds. The first kappa shape index (κ1) is 22.2. The van der Waals surface area contributed by atoms with Crippen LogP contribution >= 0.6 is 0 Å². The summed E-state index contributed by atoms with van der Waals surface area (Å²) in [6, 6.07) is 15.6. The van der Waals surface area contributed by atoms with E-state index in [9.17, 15) is 0 Å². The Kier molecular flexibility index (Phi) is 5.12. The molecule has 0 N–H and O–H groups in total. The number of benzene rings is 2. The fourth-order valence-corrected chi connectivity index (χ4v) is 9.33. The van der Waals surface area contributed by atoms with Gasteiger partial charge in [-0.2, -0.15) is 0 Å². The van der Waals surface area contributed by atoms with Gasteiger partial charge >= 0.3 is 0 Å². The topological polar surface area (TPSA) is 9.23 Å². The van der Waals surface area contributed by atoms with E-state index < -0.39 is 0 Å². The lowest BCUT2D eigenvalue weighted by atomic mass is 9.27. The van der Waals surface area contributed by atoms with Crippen molar-refractivity contribution in [1.82, 2.24) is 0 Å². The third-order valence-corrected chi connectivity index (χ3v) is 11.9. The Morgan fingerprint density at radius 2 is 1.30 bits per heavy atom. The molecule has 1 nitrogen and oxygen atoms in total. The summed E-state index contributed by atoms with van der Waals surface area (Å²) in [5.41, 5.74) is 2.42. The average molecular weight is 442 g/mol. The minimum Gasteiger partial charge on any atom is -0.431 e. The molecule has 2 heteroatoms. The summed E-state index contributed by atoms with van der Waals surface area (Å²) >= 11 is 0. The lowest BCUT2D eigenvalue weighted by Crippen LogP contribution is -2.60.